The first kappa shape index (κ1) is 12.0. The molecule has 2 aromatic rings. The van der Waals surface area contributed by atoms with Crippen LogP contribution in [0.1, 0.15) is 5.56 Å². The summed E-state index contributed by atoms with van der Waals surface area (Å²) in [5.41, 5.74) is 1.34. The molecule has 0 aliphatic heterocycles. The van der Waals surface area contributed by atoms with Crippen LogP contribution in [0, 0.1) is 0 Å². The van der Waals surface area contributed by atoms with Crippen LogP contribution in [0.15, 0.2) is 47.3 Å². The average molecular weight is 292 g/mol. The van der Waals surface area contributed by atoms with E-state index < -0.39 is 0 Å². The smallest absolute Gasteiger partial charge is 0.146 e. The zero-order valence-electron chi connectivity index (χ0n) is 9.68. The Hall–Kier alpha value is -1.42. The van der Waals surface area contributed by atoms with E-state index in [9.17, 15) is 0 Å². The van der Waals surface area contributed by atoms with Crippen molar-refractivity contribution >= 4 is 21.7 Å². The van der Waals surface area contributed by atoms with Gasteiger partial charge in [-0.25, -0.2) is 9.97 Å². The summed E-state index contributed by atoms with van der Waals surface area (Å²) in [6.45, 7) is 0.930. The fourth-order valence-corrected chi connectivity index (χ4v) is 2.16. The predicted octanol–water partition coefficient (Wildman–Crippen LogP) is 2.92. The van der Waals surface area contributed by atoms with Gasteiger partial charge >= 0.3 is 0 Å². The third-order valence-corrected chi connectivity index (χ3v) is 3.15. The molecule has 0 radical (unpaired) electrons. The third kappa shape index (κ3) is 3.27. The molecular formula is C13H14BrN3. The summed E-state index contributed by atoms with van der Waals surface area (Å²) in [5.74, 6) is 0.927. The van der Waals surface area contributed by atoms with E-state index in [4.69, 9.17) is 0 Å². The lowest BCUT2D eigenvalue weighted by atomic mass is 10.1. The van der Waals surface area contributed by atoms with E-state index >= 15 is 0 Å². The summed E-state index contributed by atoms with van der Waals surface area (Å²) < 4.78 is 0.926. The number of hydrogen-bond donors (Lipinski definition) is 0. The van der Waals surface area contributed by atoms with Crippen LogP contribution >= 0.6 is 15.9 Å². The molecule has 0 aliphatic rings. The molecular weight excluding hydrogens is 278 g/mol. The van der Waals surface area contributed by atoms with Gasteiger partial charge in [-0.1, -0.05) is 30.3 Å². The first-order chi connectivity index (χ1) is 8.27. The van der Waals surface area contributed by atoms with Crippen molar-refractivity contribution in [3.8, 4) is 0 Å². The number of rotatable bonds is 4. The van der Waals surface area contributed by atoms with E-state index in [0.717, 1.165) is 23.3 Å². The van der Waals surface area contributed by atoms with Crippen molar-refractivity contribution in [3.05, 3.63) is 52.9 Å². The topological polar surface area (TPSA) is 29.0 Å². The molecule has 17 heavy (non-hydrogen) atoms. The highest BCUT2D eigenvalue weighted by Crippen LogP contribution is 2.20. The summed E-state index contributed by atoms with van der Waals surface area (Å²) in [6.07, 6.45) is 4.34. The summed E-state index contributed by atoms with van der Waals surface area (Å²) in [5, 5.41) is 0. The summed E-state index contributed by atoms with van der Waals surface area (Å²) in [7, 11) is 2.04. The second-order valence-corrected chi connectivity index (χ2v) is 4.71. The zero-order valence-corrected chi connectivity index (χ0v) is 11.3. The SMILES string of the molecule is CN(CCc1ccccc1)c1ncncc1Br. The number of halogens is 1. The van der Waals surface area contributed by atoms with Crippen molar-refractivity contribution in [2.75, 3.05) is 18.5 Å². The Bertz CT molecular complexity index is 473. The van der Waals surface area contributed by atoms with Crippen molar-refractivity contribution in [1.29, 1.82) is 0 Å². The van der Waals surface area contributed by atoms with Crippen LogP contribution in [0.3, 0.4) is 0 Å². The van der Waals surface area contributed by atoms with Crippen LogP contribution in [-0.4, -0.2) is 23.6 Å². The Morgan fingerprint density at radius 1 is 1.24 bits per heavy atom. The summed E-state index contributed by atoms with van der Waals surface area (Å²) in [6, 6.07) is 10.5. The summed E-state index contributed by atoms with van der Waals surface area (Å²) in [4.78, 5) is 10.3. The standard InChI is InChI=1S/C13H14BrN3/c1-17(13-12(14)9-15-10-16-13)8-7-11-5-3-2-4-6-11/h2-6,9-10H,7-8H2,1H3. The highest BCUT2D eigenvalue weighted by Gasteiger charge is 2.06. The van der Waals surface area contributed by atoms with E-state index in [1.54, 1.807) is 12.5 Å². The van der Waals surface area contributed by atoms with Gasteiger partial charge in [0.25, 0.3) is 0 Å². The van der Waals surface area contributed by atoms with Gasteiger partial charge in [0.15, 0.2) is 0 Å². The molecule has 4 heteroatoms. The molecule has 2 rings (SSSR count). The fourth-order valence-electron chi connectivity index (χ4n) is 1.63. The number of hydrogen-bond acceptors (Lipinski definition) is 3. The van der Waals surface area contributed by atoms with Crippen LogP contribution in [0.2, 0.25) is 0 Å². The molecule has 0 spiro atoms. The maximum atomic E-state index is 4.26. The van der Waals surface area contributed by atoms with E-state index in [1.165, 1.54) is 5.56 Å². The monoisotopic (exact) mass is 291 g/mol. The normalized spacial score (nSPS) is 10.2. The Labute approximate surface area is 110 Å². The minimum absolute atomic E-state index is 0.926. The molecule has 0 saturated heterocycles. The van der Waals surface area contributed by atoms with Crippen molar-refractivity contribution in [2.24, 2.45) is 0 Å². The number of aromatic nitrogens is 2. The largest absolute Gasteiger partial charge is 0.358 e. The Morgan fingerprint density at radius 3 is 2.71 bits per heavy atom. The van der Waals surface area contributed by atoms with Crippen molar-refractivity contribution in [3.63, 3.8) is 0 Å². The first-order valence-electron chi connectivity index (χ1n) is 5.48. The van der Waals surface area contributed by atoms with Gasteiger partial charge in [0, 0.05) is 19.8 Å². The van der Waals surface area contributed by atoms with Crippen LogP contribution in [0.25, 0.3) is 0 Å². The highest BCUT2D eigenvalue weighted by molar-refractivity contribution is 9.10. The molecule has 0 unspecified atom stereocenters. The molecule has 0 aliphatic carbocycles. The van der Waals surface area contributed by atoms with Crippen LogP contribution in [0.5, 0.6) is 0 Å². The van der Waals surface area contributed by atoms with Crippen LogP contribution in [-0.2, 0) is 6.42 Å². The van der Waals surface area contributed by atoms with Gasteiger partial charge in [-0.3, -0.25) is 0 Å². The number of benzene rings is 1. The van der Waals surface area contributed by atoms with Crippen LogP contribution in [0.4, 0.5) is 5.82 Å². The van der Waals surface area contributed by atoms with E-state index in [1.807, 2.05) is 13.1 Å². The van der Waals surface area contributed by atoms with Gasteiger partial charge < -0.3 is 4.90 Å². The first-order valence-corrected chi connectivity index (χ1v) is 6.27. The Morgan fingerprint density at radius 2 is 2.00 bits per heavy atom. The van der Waals surface area contributed by atoms with Gasteiger partial charge in [0.1, 0.15) is 12.1 Å². The van der Waals surface area contributed by atoms with E-state index in [-0.39, 0.29) is 0 Å². The Balaban J connectivity index is 1.99. The molecule has 0 amide bonds. The molecule has 88 valence electrons. The minimum atomic E-state index is 0.926. The van der Waals surface area contributed by atoms with Gasteiger partial charge in [0.2, 0.25) is 0 Å². The highest BCUT2D eigenvalue weighted by atomic mass is 79.9. The maximum absolute atomic E-state index is 4.26. The van der Waals surface area contributed by atoms with Crippen molar-refractivity contribution in [1.82, 2.24) is 9.97 Å². The van der Waals surface area contributed by atoms with Crippen molar-refractivity contribution in [2.45, 2.75) is 6.42 Å². The lowest BCUT2D eigenvalue weighted by Crippen LogP contribution is -2.21. The molecule has 1 aromatic heterocycles. The van der Waals surface area contributed by atoms with Gasteiger partial charge in [-0.05, 0) is 27.9 Å². The van der Waals surface area contributed by atoms with E-state index in [0.29, 0.717) is 0 Å². The molecule has 0 fully saturated rings. The maximum Gasteiger partial charge on any atom is 0.146 e. The molecule has 0 saturated carbocycles. The van der Waals surface area contributed by atoms with Gasteiger partial charge in [-0.2, -0.15) is 0 Å². The molecule has 3 nitrogen and oxygen atoms in total. The second kappa shape index (κ2) is 5.77. The summed E-state index contributed by atoms with van der Waals surface area (Å²) >= 11 is 3.46. The Kier molecular flexibility index (Phi) is 4.09. The number of likely N-dealkylation sites (N-methyl/N-ethyl adjacent to an activating group) is 1. The van der Waals surface area contributed by atoms with Gasteiger partial charge in [0.05, 0.1) is 4.47 Å². The molecule has 0 bridgehead atoms. The lowest BCUT2D eigenvalue weighted by Gasteiger charge is -2.18. The van der Waals surface area contributed by atoms with Crippen molar-refractivity contribution < 1.29 is 0 Å². The van der Waals surface area contributed by atoms with Gasteiger partial charge in [-0.15, -0.1) is 0 Å². The number of nitrogens with zero attached hydrogens (tertiary/aromatic N) is 3. The molecule has 0 atom stereocenters. The quantitative estimate of drug-likeness (QED) is 0.867. The molecule has 1 heterocycles. The van der Waals surface area contributed by atoms with Crippen LogP contribution < -0.4 is 4.90 Å². The molecule has 1 aromatic carbocycles. The van der Waals surface area contributed by atoms with E-state index in [2.05, 4.69) is 55.1 Å². The zero-order chi connectivity index (χ0) is 12.1. The fraction of sp³-hybridized carbons (Fsp3) is 0.231. The second-order valence-electron chi connectivity index (χ2n) is 3.85. The third-order valence-electron chi connectivity index (χ3n) is 2.59. The minimum Gasteiger partial charge on any atom is -0.358 e. The predicted molar refractivity (Wildman–Crippen MR) is 73.1 cm³/mol. The molecule has 0 N–H and O–H groups in total. The lowest BCUT2D eigenvalue weighted by molar-refractivity contribution is 0.852. The average Bonchev–Trinajstić information content (AvgIpc) is 2.38. The number of anilines is 1.